The highest BCUT2D eigenvalue weighted by Crippen LogP contribution is 2.19. The van der Waals surface area contributed by atoms with Gasteiger partial charge in [0.1, 0.15) is 0 Å². The lowest BCUT2D eigenvalue weighted by molar-refractivity contribution is -0.132. The van der Waals surface area contributed by atoms with E-state index in [9.17, 15) is 4.79 Å². The largest absolute Gasteiger partial charge is 0.338 e. The molecule has 1 amide bonds. The van der Waals surface area contributed by atoms with Crippen molar-refractivity contribution in [3.05, 3.63) is 70.2 Å². The molecule has 0 radical (unpaired) electrons. The molecule has 3 heteroatoms. The molecule has 0 aromatic heterocycles. The van der Waals surface area contributed by atoms with Crippen LogP contribution in [-0.4, -0.2) is 17.4 Å². The van der Waals surface area contributed by atoms with Crippen LogP contribution >= 0.6 is 11.6 Å². The zero-order valence-electron chi connectivity index (χ0n) is 12.6. The van der Waals surface area contributed by atoms with Crippen LogP contribution in [0.4, 0.5) is 0 Å². The van der Waals surface area contributed by atoms with Crippen molar-refractivity contribution < 1.29 is 4.79 Å². The van der Waals surface area contributed by atoms with Crippen molar-refractivity contribution in [2.75, 3.05) is 6.54 Å². The molecule has 0 unspecified atom stereocenters. The zero-order chi connectivity index (χ0) is 15.4. The first-order valence-electron chi connectivity index (χ1n) is 7.81. The van der Waals surface area contributed by atoms with Gasteiger partial charge in [0.05, 0.1) is 0 Å². The molecule has 2 aromatic rings. The third-order valence-electron chi connectivity index (χ3n) is 4.25. The average molecular weight is 314 g/mol. The molecule has 0 spiro atoms. The Balaban J connectivity index is 1.50. The van der Waals surface area contributed by atoms with Crippen LogP contribution in [0.25, 0.3) is 0 Å². The molecule has 0 bridgehead atoms. The monoisotopic (exact) mass is 313 g/mol. The minimum atomic E-state index is 0.267. The van der Waals surface area contributed by atoms with Gasteiger partial charge in [-0.3, -0.25) is 4.79 Å². The number of amides is 1. The summed E-state index contributed by atoms with van der Waals surface area (Å²) in [7, 11) is 0. The number of hydrogen-bond donors (Lipinski definition) is 0. The van der Waals surface area contributed by atoms with E-state index in [1.165, 1.54) is 16.7 Å². The van der Waals surface area contributed by atoms with Crippen molar-refractivity contribution in [3.63, 3.8) is 0 Å². The van der Waals surface area contributed by atoms with Gasteiger partial charge in [0.25, 0.3) is 0 Å². The molecular weight excluding hydrogens is 294 g/mol. The smallest absolute Gasteiger partial charge is 0.222 e. The van der Waals surface area contributed by atoms with E-state index in [-0.39, 0.29) is 5.91 Å². The maximum atomic E-state index is 12.4. The average Bonchev–Trinajstić information content (AvgIpc) is 2.56. The number of halogens is 1. The second kappa shape index (κ2) is 6.97. The lowest BCUT2D eigenvalue weighted by Crippen LogP contribution is -2.35. The van der Waals surface area contributed by atoms with Crippen LogP contribution in [0, 0.1) is 0 Å². The van der Waals surface area contributed by atoms with Crippen molar-refractivity contribution in [2.24, 2.45) is 0 Å². The van der Waals surface area contributed by atoms with E-state index < -0.39 is 0 Å². The Bertz CT molecular complexity index is 651. The minimum absolute atomic E-state index is 0.267. The Hall–Kier alpha value is -1.80. The van der Waals surface area contributed by atoms with Gasteiger partial charge in [-0.1, -0.05) is 48.0 Å². The Morgan fingerprint density at radius 1 is 1.05 bits per heavy atom. The van der Waals surface area contributed by atoms with Crippen molar-refractivity contribution in [2.45, 2.75) is 32.2 Å². The van der Waals surface area contributed by atoms with E-state index in [1.54, 1.807) is 0 Å². The minimum Gasteiger partial charge on any atom is -0.338 e. The molecule has 3 rings (SSSR count). The van der Waals surface area contributed by atoms with E-state index in [4.69, 9.17) is 11.6 Å². The predicted octanol–water partition coefficient (Wildman–Crippen LogP) is 4.25. The summed E-state index contributed by atoms with van der Waals surface area (Å²) in [5.74, 6) is 0.267. The van der Waals surface area contributed by atoms with Gasteiger partial charge in [-0.2, -0.15) is 0 Å². The summed E-state index contributed by atoms with van der Waals surface area (Å²) in [5.41, 5.74) is 3.91. The molecule has 0 saturated heterocycles. The van der Waals surface area contributed by atoms with Gasteiger partial charge in [0.15, 0.2) is 0 Å². The number of benzene rings is 2. The molecule has 0 atom stereocenters. The standard InChI is InChI=1S/C19H20ClNO/c20-18-10-8-15(9-11-18)4-3-7-19(22)21-13-12-16-5-1-2-6-17(16)14-21/h1-2,5-6,8-11H,3-4,7,12-14H2. The number of hydrogen-bond acceptors (Lipinski definition) is 1. The van der Waals surface area contributed by atoms with Gasteiger partial charge in [-0.15, -0.1) is 0 Å². The first kappa shape index (κ1) is 15.1. The normalized spacial score (nSPS) is 13.8. The number of fused-ring (bicyclic) bond motifs is 1. The summed E-state index contributed by atoms with van der Waals surface area (Å²) in [6, 6.07) is 16.3. The van der Waals surface area contributed by atoms with Crippen LogP contribution in [0.2, 0.25) is 5.02 Å². The van der Waals surface area contributed by atoms with Gasteiger partial charge in [-0.05, 0) is 48.1 Å². The van der Waals surface area contributed by atoms with Crippen LogP contribution in [0.3, 0.4) is 0 Å². The number of aryl methyl sites for hydroxylation is 1. The molecule has 114 valence electrons. The second-order valence-corrected chi connectivity index (χ2v) is 6.25. The zero-order valence-corrected chi connectivity index (χ0v) is 13.4. The topological polar surface area (TPSA) is 20.3 Å². The maximum absolute atomic E-state index is 12.4. The van der Waals surface area contributed by atoms with Gasteiger partial charge < -0.3 is 4.90 Å². The summed E-state index contributed by atoms with van der Waals surface area (Å²) in [4.78, 5) is 14.3. The number of carbonyl (C=O) groups excluding carboxylic acids is 1. The fourth-order valence-electron chi connectivity index (χ4n) is 2.96. The number of rotatable bonds is 4. The fraction of sp³-hybridized carbons (Fsp3) is 0.316. The highest BCUT2D eigenvalue weighted by Gasteiger charge is 2.19. The summed E-state index contributed by atoms with van der Waals surface area (Å²) in [6.45, 7) is 1.60. The Labute approximate surface area is 136 Å². The van der Waals surface area contributed by atoms with E-state index in [2.05, 4.69) is 18.2 Å². The van der Waals surface area contributed by atoms with Crippen molar-refractivity contribution in [3.8, 4) is 0 Å². The number of nitrogens with zero attached hydrogens (tertiary/aromatic N) is 1. The molecule has 1 aliphatic rings. The van der Waals surface area contributed by atoms with Crippen LogP contribution < -0.4 is 0 Å². The van der Waals surface area contributed by atoms with Crippen LogP contribution in [0.1, 0.15) is 29.5 Å². The molecular formula is C19H20ClNO. The van der Waals surface area contributed by atoms with E-state index in [0.29, 0.717) is 6.42 Å². The SMILES string of the molecule is O=C(CCCc1ccc(Cl)cc1)N1CCc2ccccc2C1. The molecule has 0 fully saturated rings. The van der Waals surface area contributed by atoms with Crippen molar-refractivity contribution in [1.82, 2.24) is 4.90 Å². The quantitative estimate of drug-likeness (QED) is 0.826. The van der Waals surface area contributed by atoms with Crippen LogP contribution in [0.15, 0.2) is 48.5 Å². The molecule has 1 aliphatic heterocycles. The lowest BCUT2D eigenvalue weighted by Gasteiger charge is -2.29. The van der Waals surface area contributed by atoms with Crippen LogP contribution in [-0.2, 0) is 24.2 Å². The molecule has 2 aromatic carbocycles. The van der Waals surface area contributed by atoms with Crippen LogP contribution in [0.5, 0.6) is 0 Å². The van der Waals surface area contributed by atoms with E-state index in [1.807, 2.05) is 35.2 Å². The third-order valence-corrected chi connectivity index (χ3v) is 4.50. The second-order valence-electron chi connectivity index (χ2n) is 5.81. The molecule has 1 heterocycles. The molecule has 0 saturated carbocycles. The third kappa shape index (κ3) is 3.69. The highest BCUT2D eigenvalue weighted by atomic mass is 35.5. The first-order valence-corrected chi connectivity index (χ1v) is 8.19. The predicted molar refractivity (Wildman–Crippen MR) is 90.0 cm³/mol. The van der Waals surface area contributed by atoms with Crippen molar-refractivity contribution >= 4 is 17.5 Å². The molecule has 0 N–H and O–H groups in total. The van der Waals surface area contributed by atoms with E-state index >= 15 is 0 Å². The summed E-state index contributed by atoms with van der Waals surface area (Å²) < 4.78 is 0. The van der Waals surface area contributed by atoms with Gasteiger partial charge in [0.2, 0.25) is 5.91 Å². The molecule has 2 nitrogen and oxygen atoms in total. The van der Waals surface area contributed by atoms with Gasteiger partial charge in [-0.25, -0.2) is 0 Å². The maximum Gasteiger partial charge on any atom is 0.222 e. The first-order chi connectivity index (χ1) is 10.7. The lowest BCUT2D eigenvalue weighted by atomic mass is 9.99. The summed E-state index contributed by atoms with van der Waals surface area (Å²) >= 11 is 5.88. The summed E-state index contributed by atoms with van der Waals surface area (Å²) in [6.07, 6.45) is 3.40. The molecule has 22 heavy (non-hydrogen) atoms. The Morgan fingerprint density at radius 3 is 2.55 bits per heavy atom. The van der Waals surface area contributed by atoms with Gasteiger partial charge in [0, 0.05) is 24.5 Å². The fourth-order valence-corrected chi connectivity index (χ4v) is 3.09. The van der Waals surface area contributed by atoms with Crippen molar-refractivity contribution in [1.29, 1.82) is 0 Å². The Morgan fingerprint density at radius 2 is 1.77 bits per heavy atom. The van der Waals surface area contributed by atoms with E-state index in [0.717, 1.165) is 37.4 Å². The molecule has 0 aliphatic carbocycles. The van der Waals surface area contributed by atoms with Gasteiger partial charge >= 0.3 is 0 Å². The summed E-state index contributed by atoms with van der Waals surface area (Å²) in [5, 5.41) is 0.756. The number of carbonyl (C=O) groups is 1. The highest BCUT2D eigenvalue weighted by molar-refractivity contribution is 6.30. The Kier molecular flexibility index (Phi) is 4.79.